The first kappa shape index (κ1) is 39.2. The summed E-state index contributed by atoms with van der Waals surface area (Å²) in [6.07, 6.45) is 4.59. The fourth-order valence-electron chi connectivity index (χ4n) is 10.4. The van der Waals surface area contributed by atoms with Crippen LogP contribution in [-0.4, -0.2) is 15.8 Å². The maximum absolute atomic E-state index is 2.46. The van der Waals surface area contributed by atoms with Crippen molar-refractivity contribution >= 4 is 79.0 Å². The predicted octanol–water partition coefficient (Wildman–Crippen LogP) is 14.2. The highest BCUT2D eigenvalue weighted by Gasteiger charge is 2.40. The zero-order valence-electron chi connectivity index (χ0n) is 37.8. The molecule has 0 aliphatic carbocycles. The third-order valence-corrected chi connectivity index (χ3v) is 14.0. The molecule has 0 amide bonds. The molecular weight excluding hydrogens is 763 g/mol. The van der Waals surface area contributed by atoms with E-state index >= 15 is 0 Å². The molecule has 0 N–H and O–H groups in total. The number of hydrogen-bond donors (Lipinski definition) is 0. The van der Waals surface area contributed by atoms with Gasteiger partial charge in [-0.3, -0.25) is 0 Å². The molecule has 63 heavy (non-hydrogen) atoms. The van der Waals surface area contributed by atoms with Crippen molar-refractivity contribution in [3.8, 4) is 11.4 Å². The lowest BCUT2D eigenvalue weighted by atomic mass is 9.34. The van der Waals surface area contributed by atoms with Gasteiger partial charge in [-0.15, -0.1) is 0 Å². The topological polar surface area (TPSA) is 16.3 Å². The van der Waals surface area contributed by atoms with Gasteiger partial charge in [0, 0.05) is 57.3 Å². The number of benzene rings is 7. The molecule has 2 aromatic heterocycles. The SMILES string of the molecule is CC(C)c1ccc(N(c2ccc(C(C)C)cc2)c2ccc3c4c2ccn4-c2cccc4c2B3c2ccc(N(c3ccc(C(C)C)cc3)c3ccc(C(C)C)cc3)c3ccn-4c23)cc1. The van der Waals surface area contributed by atoms with Crippen molar-refractivity contribution in [2.75, 3.05) is 9.80 Å². The Labute approximate surface area is 373 Å². The van der Waals surface area contributed by atoms with Crippen molar-refractivity contribution in [1.82, 2.24) is 9.13 Å². The molecule has 7 aromatic carbocycles. The monoisotopic (exact) mass is 818 g/mol. The molecule has 310 valence electrons. The van der Waals surface area contributed by atoms with Crippen molar-refractivity contribution < 1.29 is 0 Å². The molecule has 11 rings (SSSR count). The van der Waals surface area contributed by atoms with Gasteiger partial charge >= 0.3 is 0 Å². The maximum atomic E-state index is 2.46. The van der Waals surface area contributed by atoms with E-state index in [9.17, 15) is 0 Å². The Morgan fingerprint density at radius 2 is 0.683 bits per heavy atom. The summed E-state index contributed by atoms with van der Waals surface area (Å²) in [5.74, 6) is 1.86. The van der Waals surface area contributed by atoms with E-state index < -0.39 is 0 Å². The zero-order chi connectivity index (χ0) is 43.3. The summed E-state index contributed by atoms with van der Waals surface area (Å²) in [5.41, 5.74) is 21.5. The fraction of sp³-hybridized carbons (Fsp3) is 0.207. The summed E-state index contributed by atoms with van der Waals surface area (Å²) in [6, 6.07) is 57.9. The van der Waals surface area contributed by atoms with Crippen LogP contribution in [0.1, 0.15) is 101 Å². The Morgan fingerprint density at radius 3 is 0.984 bits per heavy atom. The second-order valence-corrected chi connectivity index (χ2v) is 19.0. The van der Waals surface area contributed by atoms with Crippen LogP contribution in [0.5, 0.6) is 0 Å². The highest BCUT2D eigenvalue weighted by molar-refractivity contribution is 7.00. The van der Waals surface area contributed by atoms with E-state index in [1.807, 2.05) is 0 Å². The normalized spacial score (nSPS) is 12.7. The molecule has 0 saturated heterocycles. The van der Waals surface area contributed by atoms with Gasteiger partial charge in [-0.1, -0.05) is 122 Å². The van der Waals surface area contributed by atoms with Crippen molar-refractivity contribution in [1.29, 1.82) is 0 Å². The van der Waals surface area contributed by atoms with Crippen LogP contribution in [0.25, 0.3) is 33.2 Å². The quantitative estimate of drug-likeness (QED) is 0.128. The van der Waals surface area contributed by atoms with Crippen LogP contribution in [0, 0.1) is 0 Å². The first-order valence-corrected chi connectivity index (χ1v) is 23.0. The second kappa shape index (κ2) is 15.0. The minimum absolute atomic E-state index is 0.0716. The molecular formula is C58H55BN4. The van der Waals surface area contributed by atoms with Crippen LogP contribution in [0.4, 0.5) is 34.1 Å². The predicted molar refractivity (Wildman–Crippen MR) is 270 cm³/mol. The van der Waals surface area contributed by atoms with E-state index in [0.29, 0.717) is 23.7 Å². The molecule has 5 heteroatoms. The van der Waals surface area contributed by atoms with Crippen LogP contribution >= 0.6 is 0 Å². The van der Waals surface area contributed by atoms with Gasteiger partial charge in [-0.05, 0) is 147 Å². The van der Waals surface area contributed by atoms with Gasteiger partial charge in [0.2, 0.25) is 0 Å². The van der Waals surface area contributed by atoms with Crippen LogP contribution in [0.15, 0.2) is 164 Å². The maximum Gasteiger partial charge on any atom is 0.252 e. The summed E-state index contributed by atoms with van der Waals surface area (Å²) < 4.78 is 4.91. The first-order valence-electron chi connectivity index (χ1n) is 23.0. The number of aromatic nitrogens is 2. The van der Waals surface area contributed by atoms with Crippen LogP contribution in [0.2, 0.25) is 0 Å². The highest BCUT2D eigenvalue weighted by atomic mass is 15.2. The molecule has 0 saturated carbocycles. The minimum Gasteiger partial charge on any atom is -0.317 e. The highest BCUT2D eigenvalue weighted by Crippen LogP contribution is 2.44. The molecule has 0 atom stereocenters. The van der Waals surface area contributed by atoms with Crippen LogP contribution in [0.3, 0.4) is 0 Å². The lowest BCUT2D eigenvalue weighted by Gasteiger charge is -2.35. The summed E-state index contributed by atoms with van der Waals surface area (Å²) in [5, 5.41) is 2.50. The number of rotatable bonds is 10. The molecule has 0 radical (unpaired) electrons. The molecule has 0 bridgehead atoms. The van der Waals surface area contributed by atoms with Crippen LogP contribution < -0.4 is 26.2 Å². The number of fused-ring (bicyclic) bond motifs is 4. The molecule has 0 unspecified atom stereocenters. The van der Waals surface area contributed by atoms with Gasteiger partial charge in [-0.2, -0.15) is 0 Å². The van der Waals surface area contributed by atoms with Crippen molar-refractivity contribution in [3.05, 3.63) is 186 Å². The second-order valence-electron chi connectivity index (χ2n) is 19.0. The van der Waals surface area contributed by atoms with E-state index in [0.717, 1.165) is 22.7 Å². The minimum atomic E-state index is 0.0716. The molecule has 4 nitrogen and oxygen atoms in total. The lowest BCUT2D eigenvalue weighted by Crippen LogP contribution is -2.59. The van der Waals surface area contributed by atoms with Crippen LogP contribution in [-0.2, 0) is 0 Å². The summed E-state index contributed by atoms with van der Waals surface area (Å²) in [6.45, 7) is 18.2. The van der Waals surface area contributed by atoms with Gasteiger partial charge in [-0.25, -0.2) is 0 Å². The molecule has 0 fully saturated rings. The Balaban J connectivity index is 1.10. The third kappa shape index (κ3) is 6.19. The summed E-state index contributed by atoms with van der Waals surface area (Å²) >= 11 is 0. The van der Waals surface area contributed by atoms with Gasteiger partial charge in [0.25, 0.3) is 6.71 Å². The Hall–Kier alpha value is -6.72. The smallest absolute Gasteiger partial charge is 0.252 e. The Bertz CT molecular complexity index is 2850. The van der Waals surface area contributed by atoms with E-state index in [1.165, 1.54) is 83.2 Å². The fourth-order valence-corrected chi connectivity index (χ4v) is 10.4. The average Bonchev–Trinajstić information content (AvgIpc) is 3.96. The van der Waals surface area contributed by atoms with E-state index in [4.69, 9.17) is 0 Å². The molecule has 9 aromatic rings. The lowest BCUT2D eigenvalue weighted by molar-refractivity contribution is 0.866. The number of anilines is 6. The summed E-state index contributed by atoms with van der Waals surface area (Å²) in [4.78, 5) is 4.91. The van der Waals surface area contributed by atoms with E-state index in [2.05, 4.69) is 238 Å². The summed E-state index contributed by atoms with van der Waals surface area (Å²) in [7, 11) is 0. The Morgan fingerprint density at radius 1 is 0.365 bits per heavy atom. The zero-order valence-corrected chi connectivity index (χ0v) is 37.8. The van der Waals surface area contributed by atoms with Gasteiger partial charge in [0.15, 0.2) is 0 Å². The molecule has 2 aliphatic rings. The van der Waals surface area contributed by atoms with Gasteiger partial charge in [0.1, 0.15) is 0 Å². The largest absolute Gasteiger partial charge is 0.317 e. The molecule has 0 spiro atoms. The first-order chi connectivity index (χ1) is 30.6. The van der Waals surface area contributed by atoms with E-state index in [1.54, 1.807) is 0 Å². The number of hydrogen-bond acceptors (Lipinski definition) is 2. The Kier molecular flexibility index (Phi) is 9.31. The van der Waals surface area contributed by atoms with Crippen molar-refractivity contribution in [2.45, 2.75) is 79.1 Å². The van der Waals surface area contributed by atoms with E-state index in [-0.39, 0.29) is 6.71 Å². The third-order valence-electron chi connectivity index (χ3n) is 14.0. The van der Waals surface area contributed by atoms with Gasteiger partial charge in [0.05, 0.1) is 22.4 Å². The van der Waals surface area contributed by atoms with Gasteiger partial charge < -0.3 is 18.9 Å². The average molecular weight is 819 g/mol. The van der Waals surface area contributed by atoms with Crippen molar-refractivity contribution in [3.63, 3.8) is 0 Å². The van der Waals surface area contributed by atoms with Crippen molar-refractivity contribution in [2.24, 2.45) is 0 Å². The number of nitrogens with zero attached hydrogens (tertiary/aromatic N) is 4. The molecule has 2 aliphatic heterocycles. The standard InChI is InChI=1S/C58H55BN4/c1-36(2)40-12-20-44(21-13-40)62(45-22-14-41(15-23-45)37(3)4)52-30-28-50-57-48(52)32-34-60(57)54-10-9-11-55-56(54)59(50)51-29-31-53(49-33-35-61(55)58(49)51)63(46-24-16-42(17-25-46)38(5)6)47-26-18-43(19-27-47)39(7)8/h9-39H,1-8H3. The molecule has 4 heterocycles.